The van der Waals surface area contributed by atoms with E-state index in [2.05, 4.69) is 37.5 Å². The molecule has 0 unspecified atom stereocenters. The molecule has 9 heavy (non-hydrogen) atoms. The minimum Gasteiger partial charge on any atom is -0.0925 e. The van der Waals surface area contributed by atoms with E-state index in [0.29, 0.717) is 5.92 Å². The standard InChI is InChI=1S/C9H12/c1-4-5-6-7-8-9(2)3/h9H,8H2,1-3H3. The van der Waals surface area contributed by atoms with Crippen LogP contribution in [0.4, 0.5) is 0 Å². The Bertz CT molecular complexity index is 166. The Morgan fingerprint density at radius 3 is 2.33 bits per heavy atom. The molecule has 0 aromatic carbocycles. The fourth-order valence-electron chi connectivity index (χ4n) is 0.362. The van der Waals surface area contributed by atoms with Crippen molar-refractivity contribution in [2.24, 2.45) is 5.92 Å². The molecule has 0 radical (unpaired) electrons. The fraction of sp³-hybridized carbons (Fsp3) is 0.556. The second kappa shape index (κ2) is 5.26. The molecule has 0 saturated heterocycles. The molecule has 0 bridgehead atoms. The molecule has 0 amide bonds. The van der Waals surface area contributed by atoms with Gasteiger partial charge in [0.05, 0.1) is 0 Å². The monoisotopic (exact) mass is 120 g/mol. The lowest BCUT2D eigenvalue weighted by Crippen LogP contribution is -1.80. The predicted molar refractivity (Wildman–Crippen MR) is 40.7 cm³/mol. The van der Waals surface area contributed by atoms with Gasteiger partial charge >= 0.3 is 0 Å². The molecule has 0 aliphatic rings. The van der Waals surface area contributed by atoms with Crippen LogP contribution in [0.3, 0.4) is 0 Å². The first-order valence-electron chi connectivity index (χ1n) is 3.17. The first-order chi connectivity index (χ1) is 4.27. The van der Waals surface area contributed by atoms with Crippen molar-refractivity contribution in [3.05, 3.63) is 0 Å². The molecule has 0 aromatic heterocycles. The van der Waals surface area contributed by atoms with Crippen LogP contribution in [0.2, 0.25) is 0 Å². The molecule has 0 aliphatic heterocycles. The summed E-state index contributed by atoms with van der Waals surface area (Å²) in [5.74, 6) is 11.8. The third-order valence-corrected chi connectivity index (χ3v) is 0.786. The van der Waals surface area contributed by atoms with Crippen molar-refractivity contribution in [2.45, 2.75) is 27.2 Å². The van der Waals surface area contributed by atoms with Crippen LogP contribution in [0.5, 0.6) is 0 Å². The van der Waals surface area contributed by atoms with Crippen LogP contribution in [-0.4, -0.2) is 0 Å². The molecule has 0 aliphatic carbocycles. The maximum absolute atomic E-state index is 2.96. The maximum atomic E-state index is 2.96. The molecule has 0 N–H and O–H groups in total. The van der Waals surface area contributed by atoms with Crippen molar-refractivity contribution in [3.8, 4) is 23.7 Å². The van der Waals surface area contributed by atoms with Crippen LogP contribution >= 0.6 is 0 Å². The minimum absolute atomic E-state index is 0.663. The Morgan fingerprint density at radius 2 is 1.89 bits per heavy atom. The first-order valence-corrected chi connectivity index (χ1v) is 3.17. The van der Waals surface area contributed by atoms with E-state index >= 15 is 0 Å². The van der Waals surface area contributed by atoms with Crippen LogP contribution in [0.25, 0.3) is 0 Å². The lowest BCUT2D eigenvalue weighted by atomic mass is 10.1. The number of hydrogen-bond donors (Lipinski definition) is 0. The molecule has 0 aromatic rings. The summed E-state index contributed by atoms with van der Waals surface area (Å²) >= 11 is 0. The lowest BCUT2D eigenvalue weighted by Gasteiger charge is -1.90. The quantitative estimate of drug-likeness (QED) is 0.465. The van der Waals surface area contributed by atoms with E-state index in [1.807, 2.05) is 0 Å². The zero-order chi connectivity index (χ0) is 7.11. The zero-order valence-electron chi connectivity index (χ0n) is 6.28. The van der Waals surface area contributed by atoms with Crippen molar-refractivity contribution in [2.75, 3.05) is 0 Å². The summed E-state index contributed by atoms with van der Waals surface area (Å²) in [7, 11) is 0. The fourth-order valence-corrected chi connectivity index (χ4v) is 0.362. The first kappa shape index (κ1) is 8.12. The molecule has 0 spiro atoms. The van der Waals surface area contributed by atoms with E-state index in [4.69, 9.17) is 0 Å². The largest absolute Gasteiger partial charge is 0.0925 e. The van der Waals surface area contributed by atoms with Gasteiger partial charge in [-0.2, -0.15) is 0 Å². The van der Waals surface area contributed by atoms with Crippen molar-refractivity contribution in [1.82, 2.24) is 0 Å². The van der Waals surface area contributed by atoms with E-state index in [9.17, 15) is 0 Å². The summed E-state index contributed by atoms with van der Waals surface area (Å²) in [4.78, 5) is 0. The average Bonchev–Trinajstić information content (AvgIpc) is 1.80. The Balaban J connectivity index is 3.46. The number of rotatable bonds is 1. The van der Waals surface area contributed by atoms with Gasteiger partial charge in [-0.3, -0.25) is 0 Å². The minimum atomic E-state index is 0.663. The van der Waals surface area contributed by atoms with Gasteiger partial charge in [0, 0.05) is 6.42 Å². The van der Waals surface area contributed by atoms with Gasteiger partial charge < -0.3 is 0 Å². The molecule has 48 valence electrons. The van der Waals surface area contributed by atoms with E-state index in [0.717, 1.165) is 6.42 Å². The molecular formula is C9H12. The Morgan fingerprint density at radius 1 is 1.22 bits per heavy atom. The molecule has 0 heterocycles. The van der Waals surface area contributed by atoms with Gasteiger partial charge in [-0.25, -0.2) is 0 Å². The van der Waals surface area contributed by atoms with Crippen LogP contribution in [0.15, 0.2) is 0 Å². The molecule has 0 saturated carbocycles. The SMILES string of the molecule is CC#CC#CCC(C)C. The second-order valence-corrected chi connectivity index (χ2v) is 2.27. The molecule has 0 rings (SSSR count). The second-order valence-electron chi connectivity index (χ2n) is 2.27. The van der Waals surface area contributed by atoms with Crippen LogP contribution < -0.4 is 0 Å². The Hall–Kier alpha value is -0.880. The summed E-state index contributed by atoms with van der Waals surface area (Å²) < 4.78 is 0. The molecule has 0 atom stereocenters. The Labute approximate surface area is 57.7 Å². The topological polar surface area (TPSA) is 0 Å². The summed E-state index contributed by atoms with van der Waals surface area (Å²) in [6, 6.07) is 0. The van der Waals surface area contributed by atoms with Gasteiger partial charge in [-0.15, -0.1) is 0 Å². The normalized spacial score (nSPS) is 7.11. The zero-order valence-corrected chi connectivity index (χ0v) is 6.28. The van der Waals surface area contributed by atoms with Gasteiger partial charge in [-0.05, 0) is 24.7 Å². The summed E-state index contributed by atoms with van der Waals surface area (Å²) in [6.45, 7) is 6.09. The van der Waals surface area contributed by atoms with E-state index in [-0.39, 0.29) is 0 Å². The van der Waals surface area contributed by atoms with Crippen molar-refractivity contribution in [3.63, 3.8) is 0 Å². The average molecular weight is 120 g/mol. The van der Waals surface area contributed by atoms with Crippen molar-refractivity contribution < 1.29 is 0 Å². The van der Waals surface area contributed by atoms with Crippen LogP contribution in [0, 0.1) is 29.6 Å². The smallest absolute Gasteiger partial charge is 0.0122 e. The highest BCUT2D eigenvalue weighted by atomic mass is 13.9. The third-order valence-electron chi connectivity index (χ3n) is 0.786. The summed E-state index contributed by atoms with van der Waals surface area (Å²) in [5.41, 5.74) is 0. The predicted octanol–water partition coefficient (Wildman–Crippen LogP) is 2.06. The maximum Gasteiger partial charge on any atom is 0.0122 e. The molecule has 0 heteroatoms. The number of hydrogen-bond acceptors (Lipinski definition) is 0. The van der Waals surface area contributed by atoms with E-state index in [1.54, 1.807) is 6.92 Å². The highest BCUT2D eigenvalue weighted by Crippen LogP contribution is 1.94. The van der Waals surface area contributed by atoms with E-state index < -0.39 is 0 Å². The van der Waals surface area contributed by atoms with Crippen molar-refractivity contribution in [1.29, 1.82) is 0 Å². The molecular weight excluding hydrogens is 108 g/mol. The van der Waals surface area contributed by atoms with Gasteiger partial charge in [-0.1, -0.05) is 25.7 Å². The summed E-state index contributed by atoms with van der Waals surface area (Å²) in [5, 5.41) is 0. The van der Waals surface area contributed by atoms with Gasteiger partial charge in [0.25, 0.3) is 0 Å². The highest BCUT2D eigenvalue weighted by Gasteiger charge is 1.84. The van der Waals surface area contributed by atoms with Crippen molar-refractivity contribution >= 4 is 0 Å². The van der Waals surface area contributed by atoms with Crippen LogP contribution in [-0.2, 0) is 0 Å². The summed E-state index contributed by atoms with van der Waals surface area (Å²) in [6.07, 6.45) is 0.953. The third kappa shape index (κ3) is 7.12. The highest BCUT2D eigenvalue weighted by molar-refractivity contribution is 5.24. The van der Waals surface area contributed by atoms with Gasteiger partial charge in [0.1, 0.15) is 0 Å². The molecule has 0 nitrogen and oxygen atoms in total. The van der Waals surface area contributed by atoms with Crippen LogP contribution in [0.1, 0.15) is 27.2 Å². The Kier molecular flexibility index (Phi) is 4.75. The van der Waals surface area contributed by atoms with Gasteiger partial charge in [0.15, 0.2) is 0 Å². The van der Waals surface area contributed by atoms with Gasteiger partial charge in [0.2, 0.25) is 0 Å². The molecule has 0 fully saturated rings. The lowest BCUT2D eigenvalue weighted by molar-refractivity contribution is 0.676. The van der Waals surface area contributed by atoms with E-state index in [1.165, 1.54) is 0 Å².